The molecule has 3 fully saturated rings. The zero-order valence-electron chi connectivity index (χ0n) is 22.9. The van der Waals surface area contributed by atoms with Crippen LogP contribution in [-0.4, -0.2) is 35.8 Å². The van der Waals surface area contributed by atoms with E-state index >= 15 is 0 Å². The second kappa shape index (κ2) is 9.59. The van der Waals surface area contributed by atoms with Crippen molar-refractivity contribution in [3.63, 3.8) is 0 Å². The minimum atomic E-state index is 0.0135. The number of fused-ring (bicyclic) bond motifs is 5. The van der Waals surface area contributed by atoms with E-state index in [0.717, 1.165) is 37.0 Å². The number of hydrogen-bond acceptors (Lipinski definition) is 3. The predicted octanol–water partition coefficient (Wildman–Crippen LogP) is 6.00. The molecule has 0 spiro atoms. The number of carbonyl (C=O) groups is 2. The van der Waals surface area contributed by atoms with Gasteiger partial charge in [-0.1, -0.05) is 50.3 Å². The lowest BCUT2D eigenvalue weighted by Gasteiger charge is -2.60. The molecule has 0 aromatic heterocycles. The third-order valence-electron chi connectivity index (χ3n) is 10.8. The maximum atomic E-state index is 13.3. The first-order valence-corrected chi connectivity index (χ1v) is 14.3. The van der Waals surface area contributed by atoms with Gasteiger partial charge in [-0.3, -0.25) is 9.59 Å². The van der Waals surface area contributed by atoms with Crippen LogP contribution in [0.3, 0.4) is 0 Å². The third-order valence-corrected chi connectivity index (χ3v) is 10.8. The van der Waals surface area contributed by atoms with Gasteiger partial charge in [-0.2, -0.15) is 0 Å². The quantitative estimate of drug-likeness (QED) is 0.534. The van der Waals surface area contributed by atoms with Crippen molar-refractivity contribution in [3.8, 4) is 5.75 Å². The molecule has 1 aliphatic heterocycles. The number of nitrogens with zero attached hydrogens (tertiary/aromatic N) is 1. The Hall–Kier alpha value is -3.08. The van der Waals surface area contributed by atoms with Crippen molar-refractivity contribution in [1.29, 1.82) is 0 Å². The average Bonchev–Trinajstić information content (AvgIpc) is 3.26. The fourth-order valence-electron chi connectivity index (χ4n) is 8.66. The molecule has 2 aromatic carbocycles. The molecule has 3 aliphatic carbocycles. The second-order valence-corrected chi connectivity index (χ2v) is 12.6. The standard InChI is InChI=1S/C33H40N2O3/c1-32-19-17-27-25(13-16-29-33(27,2)20-18-30(36)35(29)3)26(32)14-15-28(32)34-31(37)23-9-11-24(12-10-23)38-21-22-7-5-4-6-8-22/h4-12,18,20,25-29H,13-17,19,21H2,1-3H3,(H,34,37)/t25-,26-,27+,28?,29?,32-,33+/m0/s1. The number of carbonyl (C=O) groups excluding carboxylic acids is 2. The van der Waals surface area contributed by atoms with Gasteiger partial charge in [-0.15, -0.1) is 0 Å². The highest BCUT2D eigenvalue weighted by Crippen LogP contribution is 2.63. The smallest absolute Gasteiger partial charge is 0.251 e. The van der Waals surface area contributed by atoms with Crippen LogP contribution in [0.1, 0.15) is 68.3 Å². The van der Waals surface area contributed by atoms with Gasteiger partial charge in [0.1, 0.15) is 12.4 Å². The summed E-state index contributed by atoms with van der Waals surface area (Å²) in [6.45, 7) is 5.32. The Labute approximate surface area is 226 Å². The average molecular weight is 513 g/mol. The molecule has 38 heavy (non-hydrogen) atoms. The van der Waals surface area contributed by atoms with Gasteiger partial charge in [0.2, 0.25) is 5.91 Å². The maximum absolute atomic E-state index is 13.3. The molecular formula is C33H40N2O3. The SMILES string of the molecule is CN1C(=O)C=C[C@@]2(C)C1CC[C@@H]1[C@H]2CC[C@]2(C)C(NC(=O)c3ccc(OCc4ccccc4)cc3)CC[C@@H]12. The molecule has 4 aliphatic rings. The normalized spacial score (nSPS) is 35.7. The van der Waals surface area contributed by atoms with Gasteiger partial charge in [0, 0.05) is 30.1 Å². The Morgan fingerprint density at radius 3 is 2.50 bits per heavy atom. The predicted molar refractivity (Wildman–Crippen MR) is 149 cm³/mol. The van der Waals surface area contributed by atoms with E-state index in [-0.39, 0.29) is 28.7 Å². The van der Waals surface area contributed by atoms with E-state index in [0.29, 0.717) is 36.0 Å². The zero-order chi connectivity index (χ0) is 26.5. The van der Waals surface area contributed by atoms with Gasteiger partial charge in [0.15, 0.2) is 0 Å². The van der Waals surface area contributed by atoms with Crippen molar-refractivity contribution in [1.82, 2.24) is 10.2 Å². The molecule has 7 atom stereocenters. The summed E-state index contributed by atoms with van der Waals surface area (Å²) in [5.74, 6) is 2.80. The Bertz CT molecular complexity index is 1220. The Morgan fingerprint density at radius 2 is 1.74 bits per heavy atom. The number of rotatable bonds is 5. The highest BCUT2D eigenvalue weighted by atomic mass is 16.5. The third kappa shape index (κ3) is 4.15. The molecule has 200 valence electrons. The Morgan fingerprint density at radius 1 is 0.974 bits per heavy atom. The van der Waals surface area contributed by atoms with Crippen molar-refractivity contribution < 1.29 is 14.3 Å². The molecule has 5 heteroatoms. The van der Waals surface area contributed by atoms with E-state index in [1.54, 1.807) is 0 Å². The van der Waals surface area contributed by atoms with Crippen LogP contribution in [0.2, 0.25) is 0 Å². The number of ether oxygens (including phenoxy) is 1. The summed E-state index contributed by atoms with van der Waals surface area (Å²) in [6, 6.07) is 18.1. The molecule has 3 saturated carbocycles. The number of benzene rings is 2. The molecule has 2 aromatic rings. The van der Waals surface area contributed by atoms with Gasteiger partial charge in [-0.25, -0.2) is 0 Å². The minimum absolute atomic E-state index is 0.0135. The number of nitrogens with one attached hydrogen (secondary N) is 1. The zero-order valence-corrected chi connectivity index (χ0v) is 22.9. The van der Waals surface area contributed by atoms with E-state index in [1.165, 1.54) is 12.8 Å². The molecule has 5 nitrogen and oxygen atoms in total. The fourth-order valence-corrected chi connectivity index (χ4v) is 8.66. The summed E-state index contributed by atoms with van der Waals surface area (Å²) in [4.78, 5) is 27.6. The van der Waals surface area contributed by atoms with Crippen LogP contribution in [0.4, 0.5) is 0 Å². The molecule has 2 unspecified atom stereocenters. The summed E-state index contributed by atoms with van der Waals surface area (Å²) in [6.07, 6.45) is 10.8. The topological polar surface area (TPSA) is 58.6 Å². The van der Waals surface area contributed by atoms with Crippen LogP contribution in [0, 0.1) is 28.6 Å². The van der Waals surface area contributed by atoms with E-state index in [9.17, 15) is 9.59 Å². The molecule has 0 radical (unpaired) electrons. The summed E-state index contributed by atoms with van der Waals surface area (Å²) in [5.41, 5.74) is 1.98. The minimum Gasteiger partial charge on any atom is -0.489 e. The number of amides is 2. The van der Waals surface area contributed by atoms with E-state index in [4.69, 9.17) is 4.74 Å². The van der Waals surface area contributed by atoms with Crippen LogP contribution in [0.5, 0.6) is 5.75 Å². The Balaban J connectivity index is 1.11. The van der Waals surface area contributed by atoms with E-state index in [1.807, 2.05) is 72.6 Å². The summed E-state index contributed by atoms with van der Waals surface area (Å²) >= 11 is 0. The lowest BCUT2D eigenvalue weighted by Crippen LogP contribution is -2.60. The summed E-state index contributed by atoms with van der Waals surface area (Å²) in [7, 11) is 1.98. The number of likely N-dealkylation sites (N-methyl/N-ethyl adjacent to an activating group) is 1. The van der Waals surface area contributed by atoms with Crippen molar-refractivity contribution >= 4 is 11.8 Å². The Kier molecular flexibility index (Phi) is 6.36. The van der Waals surface area contributed by atoms with Crippen molar-refractivity contribution in [2.24, 2.45) is 28.6 Å². The van der Waals surface area contributed by atoms with Crippen LogP contribution in [-0.2, 0) is 11.4 Å². The lowest BCUT2D eigenvalue weighted by molar-refractivity contribution is -0.138. The number of hydrogen-bond donors (Lipinski definition) is 1. The summed E-state index contributed by atoms with van der Waals surface area (Å²) < 4.78 is 5.90. The van der Waals surface area contributed by atoms with E-state index < -0.39 is 0 Å². The highest BCUT2D eigenvalue weighted by molar-refractivity contribution is 5.94. The van der Waals surface area contributed by atoms with E-state index in [2.05, 4.69) is 25.2 Å². The summed E-state index contributed by atoms with van der Waals surface area (Å²) in [5, 5.41) is 3.44. The van der Waals surface area contributed by atoms with Crippen LogP contribution in [0.15, 0.2) is 66.7 Å². The largest absolute Gasteiger partial charge is 0.489 e. The van der Waals surface area contributed by atoms with Crippen molar-refractivity contribution in [2.75, 3.05) is 7.05 Å². The van der Waals surface area contributed by atoms with Gasteiger partial charge in [0.05, 0.1) is 0 Å². The van der Waals surface area contributed by atoms with Gasteiger partial charge < -0.3 is 15.0 Å². The molecule has 1 heterocycles. The van der Waals surface area contributed by atoms with Crippen molar-refractivity contribution in [2.45, 2.75) is 71.1 Å². The van der Waals surface area contributed by atoms with Crippen LogP contribution >= 0.6 is 0 Å². The van der Waals surface area contributed by atoms with Gasteiger partial charge >= 0.3 is 0 Å². The van der Waals surface area contributed by atoms with Crippen LogP contribution in [0.25, 0.3) is 0 Å². The lowest BCUT2D eigenvalue weighted by atomic mass is 9.48. The molecule has 2 amide bonds. The fraction of sp³-hybridized carbons (Fsp3) is 0.515. The molecule has 6 rings (SSSR count). The molecular weight excluding hydrogens is 472 g/mol. The first-order valence-electron chi connectivity index (χ1n) is 14.3. The van der Waals surface area contributed by atoms with Crippen molar-refractivity contribution in [3.05, 3.63) is 77.9 Å². The van der Waals surface area contributed by atoms with Gasteiger partial charge in [-0.05, 0) is 97.6 Å². The monoisotopic (exact) mass is 512 g/mol. The highest BCUT2D eigenvalue weighted by Gasteiger charge is 2.60. The second-order valence-electron chi connectivity index (χ2n) is 12.6. The molecule has 0 saturated heterocycles. The first-order chi connectivity index (χ1) is 18.3. The van der Waals surface area contributed by atoms with Gasteiger partial charge in [0.25, 0.3) is 5.91 Å². The maximum Gasteiger partial charge on any atom is 0.251 e. The van der Waals surface area contributed by atoms with Crippen LogP contribution < -0.4 is 10.1 Å². The molecule has 0 bridgehead atoms. The molecule has 1 N–H and O–H groups in total. The first kappa shape index (κ1) is 25.2.